The van der Waals surface area contributed by atoms with Crippen molar-refractivity contribution in [2.45, 2.75) is 12.8 Å². The van der Waals surface area contributed by atoms with E-state index in [4.69, 9.17) is 9.15 Å². The molecule has 7 nitrogen and oxygen atoms in total. The van der Waals surface area contributed by atoms with Crippen LogP contribution in [0.4, 0.5) is 0 Å². The highest BCUT2D eigenvalue weighted by Crippen LogP contribution is 2.29. The van der Waals surface area contributed by atoms with Gasteiger partial charge in [-0.1, -0.05) is 0 Å². The van der Waals surface area contributed by atoms with Crippen LogP contribution >= 0.6 is 0 Å². The molecule has 1 aromatic heterocycles. The van der Waals surface area contributed by atoms with Crippen LogP contribution in [-0.4, -0.2) is 53.5 Å². The zero-order valence-electron chi connectivity index (χ0n) is 12.1. The molecule has 1 aromatic carbocycles. The van der Waals surface area contributed by atoms with E-state index < -0.39 is 5.92 Å². The van der Waals surface area contributed by atoms with E-state index in [1.165, 1.54) is 12.1 Å². The molecule has 0 aliphatic carbocycles. The summed E-state index contributed by atoms with van der Waals surface area (Å²) in [4.78, 5) is 29.5. The number of phenols is 1. The molecule has 2 aromatic rings. The summed E-state index contributed by atoms with van der Waals surface area (Å²) in [6.45, 7) is 3.85. The van der Waals surface area contributed by atoms with E-state index in [9.17, 15) is 14.7 Å². The van der Waals surface area contributed by atoms with Crippen molar-refractivity contribution in [3.05, 3.63) is 23.6 Å². The summed E-state index contributed by atoms with van der Waals surface area (Å²) in [6.07, 6.45) is 0.526. The summed E-state index contributed by atoms with van der Waals surface area (Å²) >= 11 is 0. The number of morpholine rings is 1. The molecule has 1 saturated heterocycles. The van der Waals surface area contributed by atoms with Crippen LogP contribution in [0, 0.1) is 0 Å². The van der Waals surface area contributed by atoms with Crippen LogP contribution in [0.1, 0.15) is 29.1 Å². The van der Waals surface area contributed by atoms with E-state index in [0.29, 0.717) is 38.2 Å². The number of aromatic nitrogens is 1. The quantitative estimate of drug-likeness (QED) is 0.859. The number of rotatable bonds is 3. The molecular formula is C15H16N2O5. The van der Waals surface area contributed by atoms with Crippen molar-refractivity contribution in [3.63, 3.8) is 0 Å². The maximum Gasteiger partial charge on any atom is 0.234 e. The monoisotopic (exact) mass is 304 g/mol. The third kappa shape index (κ3) is 2.43. The van der Waals surface area contributed by atoms with Crippen LogP contribution in [0.15, 0.2) is 16.5 Å². The van der Waals surface area contributed by atoms with Crippen LogP contribution in [0.2, 0.25) is 0 Å². The Morgan fingerprint density at radius 1 is 1.41 bits per heavy atom. The summed E-state index contributed by atoms with van der Waals surface area (Å²) in [5, 5.41) is 9.67. The predicted molar refractivity (Wildman–Crippen MR) is 76.9 cm³/mol. The Labute approximate surface area is 126 Å². The molecule has 22 heavy (non-hydrogen) atoms. The Hall–Kier alpha value is -2.41. The van der Waals surface area contributed by atoms with Gasteiger partial charge in [-0.15, -0.1) is 0 Å². The summed E-state index contributed by atoms with van der Waals surface area (Å²) < 4.78 is 10.8. The third-order valence-electron chi connectivity index (χ3n) is 3.78. The van der Waals surface area contributed by atoms with Crippen molar-refractivity contribution in [2.75, 3.05) is 26.3 Å². The van der Waals surface area contributed by atoms with Gasteiger partial charge in [-0.3, -0.25) is 9.59 Å². The Balaban J connectivity index is 1.92. The van der Waals surface area contributed by atoms with Crippen LogP contribution in [-0.2, 0) is 9.53 Å². The SMILES string of the molecule is CC(C(=O)N1CCOCC1)c1nc2c(C=O)c(O)ccc2o1. The standard InChI is InChI=1S/C15H16N2O5/c1-9(15(20)17-4-6-21-7-5-17)14-16-13-10(8-18)11(19)2-3-12(13)22-14/h2-3,8-9,19H,4-7H2,1H3. The number of phenolic OH excluding ortho intramolecular Hbond substituents is 1. The number of carbonyl (C=O) groups excluding carboxylic acids is 2. The number of hydrogen-bond acceptors (Lipinski definition) is 6. The lowest BCUT2D eigenvalue weighted by Crippen LogP contribution is -2.42. The normalized spacial score (nSPS) is 16.7. The fourth-order valence-electron chi connectivity index (χ4n) is 2.49. The summed E-state index contributed by atoms with van der Waals surface area (Å²) in [7, 11) is 0. The van der Waals surface area contributed by atoms with Gasteiger partial charge in [0.1, 0.15) is 17.2 Å². The van der Waals surface area contributed by atoms with Crippen LogP contribution in [0.5, 0.6) is 5.75 Å². The van der Waals surface area contributed by atoms with Gasteiger partial charge in [0.2, 0.25) is 11.8 Å². The lowest BCUT2D eigenvalue weighted by molar-refractivity contribution is -0.136. The molecule has 0 spiro atoms. The summed E-state index contributed by atoms with van der Waals surface area (Å²) in [5.41, 5.74) is 0.710. The molecule has 1 aliphatic rings. The predicted octanol–water partition coefficient (Wildman–Crippen LogP) is 1.31. The van der Waals surface area contributed by atoms with Gasteiger partial charge in [-0.2, -0.15) is 0 Å². The molecule has 0 radical (unpaired) electrons. The number of oxazole rings is 1. The highest BCUT2D eigenvalue weighted by atomic mass is 16.5. The minimum atomic E-state index is -0.563. The molecule has 3 rings (SSSR count). The first-order valence-corrected chi connectivity index (χ1v) is 7.06. The second-order valence-corrected chi connectivity index (χ2v) is 5.17. The zero-order chi connectivity index (χ0) is 15.7. The highest BCUT2D eigenvalue weighted by Gasteiger charge is 2.28. The molecule has 0 bridgehead atoms. The Bertz CT molecular complexity index is 718. The van der Waals surface area contributed by atoms with E-state index in [1.54, 1.807) is 11.8 Å². The van der Waals surface area contributed by atoms with Gasteiger partial charge in [0.15, 0.2) is 11.9 Å². The topological polar surface area (TPSA) is 92.9 Å². The molecule has 7 heteroatoms. The Kier molecular flexibility index (Phi) is 3.81. The van der Waals surface area contributed by atoms with E-state index in [0.717, 1.165) is 0 Å². The third-order valence-corrected chi connectivity index (χ3v) is 3.78. The highest BCUT2D eigenvalue weighted by molar-refractivity contribution is 5.96. The molecule has 0 saturated carbocycles. The van der Waals surface area contributed by atoms with Gasteiger partial charge >= 0.3 is 0 Å². The fraction of sp³-hybridized carbons (Fsp3) is 0.400. The Morgan fingerprint density at radius 2 is 2.14 bits per heavy atom. The first kappa shape index (κ1) is 14.5. The largest absolute Gasteiger partial charge is 0.507 e. The van der Waals surface area contributed by atoms with E-state index in [2.05, 4.69) is 4.98 Å². The number of benzene rings is 1. The number of aldehydes is 1. The number of hydrogen-bond donors (Lipinski definition) is 1. The molecule has 1 atom stereocenters. The van der Waals surface area contributed by atoms with Gasteiger partial charge in [0, 0.05) is 13.1 Å². The van der Waals surface area contributed by atoms with Crippen LogP contribution < -0.4 is 0 Å². The Morgan fingerprint density at radius 3 is 2.82 bits per heavy atom. The second kappa shape index (κ2) is 5.76. The molecule has 116 valence electrons. The molecule has 1 fully saturated rings. The molecule has 1 aliphatic heterocycles. The van der Waals surface area contributed by atoms with Gasteiger partial charge in [0.25, 0.3) is 0 Å². The maximum absolute atomic E-state index is 12.4. The number of fused-ring (bicyclic) bond motifs is 1. The summed E-state index contributed by atoms with van der Waals surface area (Å²) in [6, 6.07) is 2.90. The molecular weight excluding hydrogens is 288 g/mol. The number of nitrogens with zero attached hydrogens (tertiary/aromatic N) is 2. The fourth-order valence-corrected chi connectivity index (χ4v) is 2.49. The number of carbonyl (C=O) groups is 2. The maximum atomic E-state index is 12.4. The van der Waals surface area contributed by atoms with Gasteiger partial charge in [-0.25, -0.2) is 4.98 Å². The molecule has 2 heterocycles. The van der Waals surface area contributed by atoms with Crippen molar-refractivity contribution in [1.29, 1.82) is 0 Å². The molecule has 1 amide bonds. The first-order valence-electron chi connectivity index (χ1n) is 7.06. The average molecular weight is 304 g/mol. The van der Waals surface area contributed by atoms with Crippen LogP contribution in [0.25, 0.3) is 11.1 Å². The first-order chi connectivity index (χ1) is 10.6. The number of amides is 1. The van der Waals surface area contributed by atoms with E-state index in [-0.39, 0.29) is 28.6 Å². The molecule has 1 N–H and O–H groups in total. The number of ether oxygens (including phenoxy) is 1. The lowest BCUT2D eigenvalue weighted by Gasteiger charge is -2.28. The second-order valence-electron chi connectivity index (χ2n) is 5.17. The lowest BCUT2D eigenvalue weighted by atomic mass is 10.1. The van der Waals surface area contributed by atoms with Crippen molar-refractivity contribution < 1.29 is 23.8 Å². The minimum absolute atomic E-state index is 0.0681. The van der Waals surface area contributed by atoms with Gasteiger partial charge < -0.3 is 19.2 Å². The summed E-state index contributed by atoms with van der Waals surface area (Å²) in [5.74, 6) is -0.575. The zero-order valence-corrected chi connectivity index (χ0v) is 12.1. The van der Waals surface area contributed by atoms with Crippen molar-refractivity contribution in [3.8, 4) is 5.75 Å². The smallest absolute Gasteiger partial charge is 0.234 e. The van der Waals surface area contributed by atoms with Gasteiger partial charge in [-0.05, 0) is 19.1 Å². The van der Waals surface area contributed by atoms with Crippen molar-refractivity contribution in [2.24, 2.45) is 0 Å². The van der Waals surface area contributed by atoms with Crippen molar-refractivity contribution in [1.82, 2.24) is 9.88 Å². The van der Waals surface area contributed by atoms with Gasteiger partial charge in [0.05, 0.1) is 18.8 Å². The van der Waals surface area contributed by atoms with Crippen LogP contribution in [0.3, 0.4) is 0 Å². The average Bonchev–Trinajstić information content (AvgIpc) is 2.98. The van der Waals surface area contributed by atoms with E-state index in [1.807, 2.05) is 0 Å². The number of aromatic hydroxyl groups is 1. The molecule has 1 unspecified atom stereocenters. The van der Waals surface area contributed by atoms with Crippen molar-refractivity contribution >= 4 is 23.3 Å². The minimum Gasteiger partial charge on any atom is -0.507 e. The van der Waals surface area contributed by atoms with E-state index >= 15 is 0 Å².